The van der Waals surface area contributed by atoms with Gasteiger partial charge in [0, 0.05) is 33.4 Å². The fraction of sp³-hybridized carbons (Fsp3) is 0.100. The van der Waals surface area contributed by atoms with E-state index in [-0.39, 0.29) is 22.9 Å². The molecule has 162 valence electrons. The molecule has 0 atom stereocenters. The molecule has 0 saturated heterocycles. The summed E-state index contributed by atoms with van der Waals surface area (Å²) < 4.78 is 0. The van der Waals surface area contributed by atoms with Gasteiger partial charge >= 0.3 is 0 Å². The molecule has 4 rings (SSSR count). The van der Waals surface area contributed by atoms with E-state index in [0.717, 1.165) is 16.7 Å². The van der Waals surface area contributed by atoms with Gasteiger partial charge in [0.15, 0.2) is 17.3 Å². The van der Waals surface area contributed by atoms with Crippen LogP contribution in [0, 0.1) is 0 Å². The second-order valence-electron chi connectivity index (χ2n) is 8.02. The van der Waals surface area contributed by atoms with Crippen molar-refractivity contribution >= 4 is 17.3 Å². The first-order valence-corrected chi connectivity index (χ1v) is 10.8. The summed E-state index contributed by atoms with van der Waals surface area (Å²) in [6, 6.07) is 28.4. The SMILES string of the molecule is CC(=O)c1c(C(C)=O)c(-c2ccccc2)c(-c2ccccc2)c(C(C)=O)c1-c1ccccc1. The molecule has 0 aliphatic carbocycles. The van der Waals surface area contributed by atoms with E-state index in [1.54, 1.807) is 0 Å². The lowest BCUT2D eigenvalue weighted by molar-refractivity contribution is 0.0980. The van der Waals surface area contributed by atoms with Crippen LogP contribution >= 0.6 is 0 Å². The van der Waals surface area contributed by atoms with Crippen LogP contribution in [0.2, 0.25) is 0 Å². The van der Waals surface area contributed by atoms with E-state index in [9.17, 15) is 14.4 Å². The Morgan fingerprint density at radius 1 is 0.394 bits per heavy atom. The summed E-state index contributed by atoms with van der Waals surface area (Å²) in [6.45, 7) is 4.45. The van der Waals surface area contributed by atoms with Gasteiger partial charge in [-0.2, -0.15) is 0 Å². The molecule has 0 fully saturated rings. The van der Waals surface area contributed by atoms with Gasteiger partial charge in [0.2, 0.25) is 0 Å². The molecule has 0 unspecified atom stereocenters. The van der Waals surface area contributed by atoms with E-state index in [0.29, 0.717) is 27.8 Å². The Kier molecular flexibility index (Phi) is 6.14. The lowest BCUT2D eigenvalue weighted by Gasteiger charge is -2.25. The third-order valence-corrected chi connectivity index (χ3v) is 5.74. The molecule has 4 aromatic rings. The van der Waals surface area contributed by atoms with Crippen LogP contribution in [0.15, 0.2) is 91.0 Å². The van der Waals surface area contributed by atoms with Crippen LogP contribution in [-0.2, 0) is 0 Å². The van der Waals surface area contributed by atoms with Crippen LogP contribution in [0.25, 0.3) is 33.4 Å². The summed E-state index contributed by atoms with van der Waals surface area (Å²) >= 11 is 0. The van der Waals surface area contributed by atoms with Crippen LogP contribution < -0.4 is 0 Å². The third kappa shape index (κ3) is 4.06. The zero-order chi connectivity index (χ0) is 23.5. The number of benzene rings is 4. The van der Waals surface area contributed by atoms with E-state index in [1.807, 2.05) is 91.0 Å². The van der Waals surface area contributed by atoms with E-state index in [4.69, 9.17) is 0 Å². The molecule has 0 aromatic heterocycles. The highest BCUT2D eigenvalue weighted by Crippen LogP contribution is 2.45. The summed E-state index contributed by atoms with van der Waals surface area (Å²) in [6.07, 6.45) is 0. The molecular weight excluding hydrogens is 408 g/mol. The van der Waals surface area contributed by atoms with Crippen LogP contribution in [0.1, 0.15) is 51.8 Å². The fourth-order valence-corrected chi connectivity index (χ4v) is 4.49. The van der Waals surface area contributed by atoms with Crippen LogP contribution in [-0.4, -0.2) is 17.3 Å². The van der Waals surface area contributed by atoms with E-state index < -0.39 is 0 Å². The van der Waals surface area contributed by atoms with Crippen molar-refractivity contribution in [2.24, 2.45) is 0 Å². The maximum absolute atomic E-state index is 13.3. The smallest absolute Gasteiger partial charge is 0.161 e. The molecular formula is C30H24O3. The first-order valence-electron chi connectivity index (χ1n) is 10.8. The Bertz CT molecular complexity index is 1350. The standard InChI is InChI=1S/C30H24O3/c1-19(31)25-26(20(2)32)29(23-15-9-5-10-16-23)30(24-17-11-6-12-18-24)27(21(3)33)28(25)22-13-7-4-8-14-22/h4-18H,1-3H3. The van der Waals surface area contributed by atoms with Gasteiger partial charge in [-0.15, -0.1) is 0 Å². The van der Waals surface area contributed by atoms with Gasteiger partial charge in [-0.1, -0.05) is 91.0 Å². The maximum atomic E-state index is 13.3. The second kappa shape index (κ2) is 9.17. The normalized spacial score (nSPS) is 10.6. The highest BCUT2D eigenvalue weighted by molar-refractivity contribution is 6.23. The molecule has 33 heavy (non-hydrogen) atoms. The number of carbonyl (C=O) groups excluding carboxylic acids is 3. The van der Waals surface area contributed by atoms with E-state index in [2.05, 4.69) is 0 Å². The molecule has 3 heteroatoms. The van der Waals surface area contributed by atoms with Crippen LogP contribution in [0.4, 0.5) is 0 Å². The number of ketones is 3. The van der Waals surface area contributed by atoms with Crippen molar-refractivity contribution in [2.45, 2.75) is 20.8 Å². The molecule has 4 aromatic carbocycles. The zero-order valence-corrected chi connectivity index (χ0v) is 18.9. The Morgan fingerprint density at radius 3 is 1.00 bits per heavy atom. The molecule has 3 nitrogen and oxygen atoms in total. The predicted molar refractivity (Wildman–Crippen MR) is 133 cm³/mol. The van der Waals surface area contributed by atoms with Crippen molar-refractivity contribution in [2.75, 3.05) is 0 Å². The molecule has 0 saturated carbocycles. The lowest BCUT2D eigenvalue weighted by Crippen LogP contribution is -2.15. The Morgan fingerprint density at radius 2 is 0.667 bits per heavy atom. The second-order valence-corrected chi connectivity index (χ2v) is 8.02. The van der Waals surface area contributed by atoms with E-state index >= 15 is 0 Å². The first-order chi connectivity index (χ1) is 15.9. The van der Waals surface area contributed by atoms with Gasteiger partial charge < -0.3 is 0 Å². The van der Waals surface area contributed by atoms with Crippen molar-refractivity contribution in [3.05, 3.63) is 108 Å². The van der Waals surface area contributed by atoms with Gasteiger partial charge in [-0.05, 0) is 37.5 Å². The van der Waals surface area contributed by atoms with Crippen LogP contribution in [0.5, 0.6) is 0 Å². The average molecular weight is 433 g/mol. The van der Waals surface area contributed by atoms with Crippen LogP contribution in [0.3, 0.4) is 0 Å². The molecule has 0 amide bonds. The van der Waals surface area contributed by atoms with Crippen molar-refractivity contribution in [3.8, 4) is 33.4 Å². The number of hydrogen-bond donors (Lipinski definition) is 0. The van der Waals surface area contributed by atoms with Gasteiger partial charge in [-0.3, -0.25) is 14.4 Å². The summed E-state index contributed by atoms with van der Waals surface area (Å²) in [5, 5.41) is 0. The van der Waals surface area contributed by atoms with Crippen molar-refractivity contribution in [1.29, 1.82) is 0 Å². The Balaban J connectivity index is 2.36. The average Bonchev–Trinajstić information content (AvgIpc) is 2.83. The van der Waals surface area contributed by atoms with Gasteiger partial charge in [0.25, 0.3) is 0 Å². The summed E-state index contributed by atoms with van der Waals surface area (Å²) in [7, 11) is 0. The number of hydrogen-bond acceptors (Lipinski definition) is 3. The summed E-state index contributed by atoms with van der Waals surface area (Å²) in [5.74, 6) is -0.635. The predicted octanol–water partition coefficient (Wildman–Crippen LogP) is 7.30. The van der Waals surface area contributed by atoms with Crippen molar-refractivity contribution in [3.63, 3.8) is 0 Å². The number of carbonyl (C=O) groups is 3. The van der Waals surface area contributed by atoms with Crippen molar-refractivity contribution in [1.82, 2.24) is 0 Å². The molecule has 0 aliphatic rings. The first kappa shape index (κ1) is 22.1. The minimum absolute atomic E-state index is 0.164. The highest BCUT2D eigenvalue weighted by Gasteiger charge is 2.31. The molecule has 0 radical (unpaired) electrons. The van der Waals surface area contributed by atoms with Gasteiger partial charge in [-0.25, -0.2) is 0 Å². The Labute approximate surface area is 193 Å². The molecule has 0 heterocycles. The molecule has 0 N–H and O–H groups in total. The molecule has 0 bridgehead atoms. The minimum atomic E-state index is -0.252. The lowest BCUT2D eigenvalue weighted by atomic mass is 9.76. The summed E-state index contributed by atoms with van der Waals surface area (Å²) in [4.78, 5) is 39.6. The van der Waals surface area contributed by atoms with Gasteiger partial charge in [0.1, 0.15) is 0 Å². The van der Waals surface area contributed by atoms with Gasteiger partial charge in [0.05, 0.1) is 0 Å². The third-order valence-electron chi connectivity index (χ3n) is 5.74. The molecule has 0 aliphatic heterocycles. The highest BCUT2D eigenvalue weighted by atomic mass is 16.1. The number of Topliss-reactive ketones (excluding diaryl/α,β-unsaturated/α-hetero) is 3. The Hall–Kier alpha value is -4.11. The topological polar surface area (TPSA) is 51.2 Å². The number of rotatable bonds is 6. The minimum Gasteiger partial charge on any atom is -0.294 e. The maximum Gasteiger partial charge on any atom is 0.161 e. The quantitative estimate of drug-likeness (QED) is 0.301. The fourth-order valence-electron chi connectivity index (χ4n) is 4.49. The summed E-state index contributed by atoms with van der Waals surface area (Å²) in [5.41, 5.74) is 5.21. The molecule has 0 spiro atoms. The zero-order valence-electron chi connectivity index (χ0n) is 18.9. The monoisotopic (exact) mass is 432 g/mol. The largest absolute Gasteiger partial charge is 0.294 e. The van der Waals surface area contributed by atoms with E-state index in [1.165, 1.54) is 20.8 Å². The van der Waals surface area contributed by atoms with Crippen molar-refractivity contribution < 1.29 is 14.4 Å².